The van der Waals surface area contributed by atoms with Gasteiger partial charge < -0.3 is 14.7 Å². The zero-order valence-corrected chi connectivity index (χ0v) is 14.6. The molecule has 138 valence electrons. The first-order valence-electron chi connectivity index (χ1n) is 8.53. The highest BCUT2D eigenvalue weighted by molar-refractivity contribution is 6.00. The van der Waals surface area contributed by atoms with Crippen LogP contribution in [-0.2, 0) is 4.79 Å². The number of carbonyl (C=O) groups excluding carboxylic acids is 1. The van der Waals surface area contributed by atoms with E-state index in [1.807, 2.05) is 24.3 Å². The summed E-state index contributed by atoms with van der Waals surface area (Å²) in [6, 6.07) is 9.05. The summed E-state index contributed by atoms with van der Waals surface area (Å²) >= 11 is 0. The molecule has 3 heterocycles. The van der Waals surface area contributed by atoms with Crippen molar-refractivity contribution in [3.05, 3.63) is 60.0 Å². The maximum Gasteiger partial charge on any atom is 0.308 e. The van der Waals surface area contributed by atoms with Crippen LogP contribution in [0.15, 0.2) is 48.9 Å². The molecular formula is C19H18N4O4. The van der Waals surface area contributed by atoms with E-state index in [9.17, 15) is 14.7 Å². The number of carboxylic acids is 1. The van der Waals surface area contributed by atoms with Gasteiger partial charge in [-0.15, -0.1) is 0 Å². The Bertz CT molecular complexity index is 1020. The van der Waals surface area contributed by atoms with E-state index >= 15 is 0 Å². The predicted molar refractivity (Wildman–Crippen MR) is 95.8 cm³/mol. The van der Waals surface area contributed by atoms with Crippen molar-refractivity contribution in [2.24, 2.45) is 5.92 Å². The Labute approximate surface area is 155 Å². The summed E-state index contributed by atoms with van der Waals surface area (Å²) < 4.78 is 6.77. The maximum atomic E-state index is 13.0. The Morgan fingerprint density at radius 3 is 2.89 bits per heavy atom. The number of nitrogens with zero attached hydrogens (tertiary/aromatic N) is 4. The molecule has 2 aromatic heterocycles. The monoisotopic (exact) mass is 366 g/mol. The summed E-state index contributed by atoms with van der Waals surface area (Å²) in [5.41, 5.74) is 1.67. The number of benzene rings is 1. The average molecular weight is 366 g/mol. The number of rotatable bonds is 4. The molecule has 1 aliphatic rings. The Morgan fingerprint density at radius 1 is 1.26 bits per heavy atom. The number of carboxylic acid groups (broad SMARTS) is 1. The lowest BCUT2D eigenvalue weighted by atomic mass is 9.89. The quantitative estimate of drug-likeness (QED) is 0.755. The van der Waals surface area contributed by atoms with Gasteiger partial charge in [-0.2, -0.15) is 5.10 Å². The van der Waals surface area contributed by atoms with E-state index in [1.165, 1.54) is 10.7 Å². The fraction of sp³-hybridized carbons (Fsp3) is 0.263. The van der Waals surface area contributed by atoms with E-state index in [2.05, 4.69) is 10.1 Å². The fourth-order valence-electron chi connectivity index (χ4n) is 3.58. The number of aliphatic carboxylic acids is 1. The molecule has 8 nitrogen and oxygen atoms in total. The van der Waals surface area contributed by atoms with Crippen molar-refractivity contribution < 1.29 is 19.4 Å². The van der Waals surface area contributed by atoms with Gasteiger partial charge in [-0.3, -0.25) is 9.59 Å². The van der Waals surface area contributed by atoms with Crippen LogP contribution in [0.5, 0.6) is 5.75 Å². The second-order valence-corrected chi connectivity index (χ2v) is 6.48. The molecule has 4 rings (SSSR count). The molecule has 3 aromatic rings. The standard InChI is InChI=1S/C19H18N4O4/c1-27-13-5-2-4-12(8-13)15-10-22(11-16(15)19(25)26)18(24)14-9-21-23-7-3-6-20-17(14)23/h2-9,15-16H,10-11H2,1H3,(H,25,26)/t15-,16+/m0/s1. The molecule has 8 heteroatoms. The van der Waals surface area contributed by atoms with Gasteiger partial charge in [-0.05, 0) is 23.8 Å². The van der Waals surface area contributed by atoms with Crippen molar-refractivity contribution in [2.75, 3.05) is 20.2 Å². The lowest BCUT2D eigenvalue weighted by Crippen LogP contribution is -2.29. The van der Waals surface area contributed by atoms with Crippen LogP contribution in [0.4, 0.5) is 0 Å². The van der Waals surface area contributed by atoms with Gasteiger partial charge in [0.1, 0.15) is 11.3 Å². The van der Waals surface area contributed by atoms with Crippen molar-refractivity contribution in [2.45, 2.75) is 5.92 Å². The van der Waals surface area contributed by atoms with Crippen molar-refractivity contribution in [3.8, 4) is 5.75 Å². The first-order chi connectivity index (χ1) is 13.1. The van der Waals surface area contributed by atoms with Crippen LogP contribution in [0.3, 0.4) is 0 Å². The molecule has 0 bridgehead atoms. The normalized spacial score (nSPS) is 19.4. The number of amides is 1. The third kappa shape index (κ3) is 2.99. The van der Waals surface area contributed by atoms with Gasteiger partial charge in [0, 0.05) is 31.4 Å². The van der Waals surface area contributed by atoms with Crippen LogP contribution in [0.2, 0.25) is 0 Å². The van der Waals surface area contributed by atoms with Gasteiger partial charge in [0.05, 0.1) is 19.2 Å². The number of ether oxygens (including phenoxy) is 1. The predicted octanol–water partition coefficient (Wildman–Crippen LogP) is 1.68. The molecule has 0 aliphatic carbocycles. The summed E-state index contributed by atoms with van der Waals surface area (Å²) in [7, 11) is 1.57. The van der Waals surface area contributed by atoms with Crippen LogP contribution in [0.1, 0.15) is 21.8 Å². The molecule has 1 N–H and O–H groups in total. The van der Waals surface area contributed by atoms with Gasteiger partial charge in [-0.25, -0.2) is 9.50 Å². The summed E-state index contributed by atoms with van der Waals surface area (Å²) in [6.07, 6.45) is 4.78. The van der Waals surface area contributed by atoms with Crippen molar-refractivity contribution >= 4 is 17.5 Å². The van der Waals surface area contributed by atoms with Crippen molar-refractivity contribution in [3.63, 3.8) is 0 Å². The molecule has 1 aliphatic heterocycles. The molecule has 0 radical (unpaired) electrons. The highest BCUT2D eigenvalue weighted by Crippen LogP contribution is 2.35. The third-order valence-corrected chi connectivity index (χ3v) is 4.96. The van der Waals surface area contributed by atoms with E-state index < -0.39 is 11.9 Å². The second kappa shape index (κ2) is 6.71. The maximum absolute atomic E-state index is 13.0. The Morgan fingerprint density at radius 2 is 2.11 bits per heavy atom. The third-order valence-electron chi connectivity index (χ3n) is 4.96. The van der Waals surface area contributed by atoms with Gasteiger partial charge in [0.2, 0.25) is 0 Å². The van der Waals surface area contributed by atoms with Crippen LogP contribution >= 0.6 is 0 Å². The molecule has 0 spiro atoms. The number of aromatic nitrogens is 3. The molecule has 0 unspecified atom stereocenters. The summed E-state index contributed by atoms with van der Waals surface area (Å²) in [6.45, 7) is 0.452. The number of likely N-dealkylation sites (tertiary alicyclic amines) is 1. The van der Waals surface area contributed by atoms with E-state index in [1.54, 1.807) is 30.5 Å². The van der Waals surface area contributed by atoms with Crippen molar-refractivity contribution in [1.82, 2.24) is 19.5 Å². The Balaban J connectivity index is 1.65. The average Bonchev–Trinajstić information content (AvgIpc) is 3.32. The molecule has 2 atom stereocenters. The number of carbonyl (C=O) groups is 2. The van der Waals surface area contributed by atoms with E-state index in [0.717, 1.165) is 5.56 Å². The van der Waals surface area contributed by atoms with Gasteiger partial charge in [0.15, 0.2) is 5.65 Å². The van der Waals surface area contributed by atoms with Crippen LogP contribution in [0, 0.1) is 5.92 Å². The molecule has 0 saturated carbocycles. The summed E-state index contributed by atoms with van der Waals surface area (Å²) in [5, 5.41) is 13.8. The fourth-order valence-corrected chi connectivity index (χ4v) is 3.58. The van der Waals surface area contributed by atoms with E-state index in [4.69, 9.17) is 4.74 Å². The van der Waals surface area contributed by atoms with Crippen LogP contribution in [0.25, 0.3) is 5.65 Å². The van der Waals surface area contributed by atoms with Crippen LogP contribution < -0.4 is 4.74 Å². The Kier molecular flexibility index (Phi) is 4.23. The lowest BCUT2D eigenvalue weighted by molar-refractivity contribution is -0.141. The molecular weight excluding hydrogens is 348 g/mol. The minimum Gasteiger partial charge on any atom is -0.497 e. The number of hydrogen-bond donors (Lipinski definition) is 1. The second-order valence-electron chi connectivity index (χ2n) is 6.48. The highest BCUT2D eigenvalue weighted by Gasteiger charge is 2.41. The van der Waals surface area contributed by atoms with E-state index in [-0.39, 0.29) is 18.4 Å². The number of fused-ring (bicyclic) bond motifs is 1. The topological polar surface area (TPSA) is 97.0 Å². The molecule has 1 amide bonds. The first-order valence-corrected chi connectivity index (χ1v) is 8.53. The highest BCUT2D eigenvalue weighted by atomic mass is 16.5. The van der Waals surface area contributed by atoms with Gasteiger partial charge >= 0.3 is 5.97 Å². The number of methoxy groups -OCH3 is 1. The van der Waals surface area contributed by atoms with Gasteiger partial charge in [-0.1, -0.05) is 12.1 Å². The molecule has 1 saturated heterocycles. The minimum absolute atomic E-state index is 0.139. The molecule has 1 fully saturated rings. The lowest BCUT2D eigenvalue weighted by Gasteiger charge is -2.16. The van der Waals surface area contributed by atoms with Gasteiger partial charge in [0.25, 0.3) is 5.91 Å². The van der Waals surface area contributed by atoms with Crippen molar-refractivity contribution in [1.29, 1.82) is 0 Å². The SMILES string of the molecule is COc1cccc([C@@H]2CN(C(=O)c3cnn4cccnc34)C[C@H]2C(=O)O)c1. The van der Waals surface area contributed by atoms with Crippen LogP contribution in [-0.4, -0.2) is 56.7 Å². The zero-order chi connectivity index (χ0) is 19.0. The summed E-state index contributed by atoms with van der Waals surface area (Å²) in [4.78, 5) is 30.6. The largest absolute Gasteiger partial charge is 0.497 e. The first kappa shape index (κ1) is 17.0. The smallest absolute Gasteiger partial charge is 0.308 e. The minimum atomic E-state index is -0.920. The van der Waals surface area contributed by atoms with E-state index in [0.29, 0.717) is 23.5 Å². The summed E-state index contributed by atoms with van der Waals surface area (Å²) in [5.74, 6) is -1.52. The number of hydrogen-bond acceptors (Lipinski definition) is 5. The molecule has 1 aromatic carbocycles. The Hall–Kier alpha value is -3.42. The zero-order valence-electron chi connectivity index (χ0n) is 14.6. The molecule has 27 heavy (non-hydrogen) atoms.